The van der Waals surface area contributed by atoms with Crippen molar-refractivity contribution >= 4 is 23.3 Å². The Morgan fingerprint density at radius 3 is 1.28 bits per heavy atom. The van der Waals surface area contributed by atoms with Crippen molar-refractivity contribution in [1.82, 2.24) is 0 Å². The molecule has 4 N–H and O–H groups in total. The fourth-order valence-electron chi connectivity index (χ4n) is 5.31. The smallest absolute Gasteiger partial charge is 0.341 e. The molecule has 0 saturated heterocycles. The molecule has 0 amide bonds. The molecular weight excluding hydrogens is 761 g/mol. The molecule has 0 radical (unpaired) electrons. The number of halogens is 7. The van der Waals surface area contributed by atoms with E-state index in [4.69, 9.17) is 19.7 Å². The second-order valence-corrected chi connectivity index (χ2v) is 12.0. The number of rotatable bonds is 14. The van der Waals surface area contributed by atoms with E-state index < -0.39 is 88.7 Å². The molecule has 6 rings (SSSR count). The molecule has 0 aromatic heterocycles. The summed E-state index contributed by atoms with van der Waals surface area (Å²) in [6.07, 6.45) is 0. The molecular formula is C42H31F7N2O6. The van der Waals surface area contributed by atoms with Gasteiger partial charge >= 0.3 is 11.9 Å². The van der Waals surface area contributed by atoms with E-state index in [1.54, 1.807) is 12.1 Å². The summed E-state index contributed by atoms with van der Waals surface area (Å²) in [7, 11) is 0. The number of anilines is 2. The van der Waals surface area contributed by atoms with Crippen LogP contribution in [-0.2, 0) is 22.7 Å². The van der Waals surface area contributed by atoms with Gasteiger partial charge in [0.2, 0.25) is 0 Å². The number of carboxylic acids is 2. The number of nitrogens with one attached hydrogen (secondary N) is 2. The van der Waals surface area contributed by atoms with Crippen LogP contribution in [0.15, 0.2) is 115 Å². The van der Waals surface area contributed by atoms with Crippen LogP contribution in [0.4, 0.5) is 42.1 Å². The van der Waals surface area contributed by atoms with Crippen molar-refractivity contribution in [3.05, 3.63) is 167 Å². The molecule has 0 heterocycles. The molecule has 6 aromatic rings. The number of carbonyl (C=O) groups is 2. The third-order valence-corrected chi connectivity index (χ3v) is 8.10. The minimum absolute atomic E-state index is 0.127. The van der Waals surface area contributed by atoms with Crippen LogP contribution in [-0.4, -0.2) is 35.4 Å². The highest BCUT2D eigenvalue weighted by atomic mass is 19.2. The van der Waals surface area contributed by atoms with Crippen LogP contribution < -0.4 is 20.1 Å². The largest absolute Gasteiger partial charge is 0.479 e. The van der Waals surface area contributed by atoms with Gasteiger partial charge in [0, 0.05) is 24.2 Å². The summed E-state index contributed by atoms with van der Waals surface area (Å²) in [6.45, 7) is -1.99. The molecule has 294 valence electrons. The molecule has 57 heavy (non-hydrogen) atoms. The van der Waals surface area contributed by atoms with E-state index in [1.165, 1.54) is 48.5 Å². The summed E-state index contributed by atoms with van der Waals surface area (Å²) < 4.78 is 108. The highest BCUT2D eigenvalue weighted by Crippen LogP contribution is 2.31. The zero-order valence-corrected chi connectivity index (χ0v) is 29.5. The Morgan fingerprint density at radius 1 is 0.474 bits per heavy atom. The first-order chi connectivity index (χ1) is 27.3. The molecule has 0 aliphatic heterocycles. The third-order valence-electron chi connectivity index (χ3n) is 8.10. The van der Waals surface area contributed by atoms with Gasteiger partial charge in [0.1, 0.15) is 40.5 Å². The first-order valence-corrected chi connectivity index (χ1v) is 16.8. The Morgan fingerprint density at radius 2 is 0.860 bits per heavy atom. The van der Waals surface area contributed by atoms with E-state index in [9.17, 15) is 40.3 Å². The molecule has 6 aromatic carbocycles. The predicted molar refractivity (Wildman–Crippen MR) is 197 cm³/mol. The summed E-state index contributed by atoms with van der Waals surface area (Å²) in [5.74, 6) is -9.05. The first-order valence-electron chi connectivity index (χ1n) is 16.8. The van der Waals surface area contributed by atoms with E-state index >= 15 is 0 Å². The van der Waals surface area contributed by atoms with Crippen LogP contribution in [0.25, 0.3) is 22.3 Å². The first kappa shape index (κ1) is 41.1. The van der Waals surface area contributed by atoms with E-state index in [1.807, 2.05) is 30.3 Å². The Labute approximate surface area is 320 Å². The fraction of sp³-hybridized carbons (Fsp3) is 0.0952. The van der Waals surface area contributed by atoms with Gasteiger partial charge in [-0.2, -0.15) is 0 Å². The second-order valence-electron chi connectivity index (χ2n) is 12.0. The van der Waals surface area contributed by atoms with Crippen molar-refractivity contribution in [1.29, 1.82) is 0 Å². The standard InChI is InChI=1S/C21H15F4NO3.C21H16F3NO3/c22-15-4-1-12(2-5-15)13-3-6-16(23)14(9-13)10-26-21-17(24)7-8-18(20(21)25)29-11-19(27)28;22-16-7-6-14(13-4-2-1-3-5-13)10-15(16)11-25-21-17(23)8-9-18(20(21)24)28-12-19(26)27/h1-9,26H,10-11H2,(H,27,28);1-10,25H,11-12H2,(H,26,27). The van der Waals surface area contributed by atoms with E-state index in [2.05, 4.69) is 10.6 Å². The number of ether oxygens (including phenoxy) is 2. The molecule has 0 bridgehead atoms. The maximum Gasteiger partial charge on any atom is 0.341 e. The molecule has 0 aliphatic carbocycles. The average molecular weight is 793 g/mol. The van der Waals surface area contributed by atoms with Crippen LogP contribution >= 0.6 is 0 Å². The minimum atomic E-state index is -1.32. The minimum Gasteiger partial charge on any atom is -0.479 e. The number of benzene rings is 6. The van der Waals surface area contributed by atoms with Crippen LogP contribution in [0.5, 0.6) is 11.5 Å². The van der Waals surface area contributed by atoms with Crippen LogP contribution in [0, 0.1) is 40.7 Å². The van der Waals surface area contributed by atoms with Gasteiger partial charge in [-0.05, 0) is 82.9 Å². The van der Waals surface area contributed by atoms with Crippen molar-refractivity contribution in [3.8, 4) is 33.8 Å². The van der Waals surface area contributed by atoms with Crippen LogP contribution in [0.2, 0.25) is 0 Å². The number of hydrogen-bond acceptors (Lipinski definition) is 6. The van der Waals surface area contributed by atoms with E-state index in [0.29, 0.717) is 11.1 Å². The summed E-state index contributed by atoms with van der Waals surface area (Å²) >= 11 is 0. The van der Waals surface area contributed by atoms with Crippen molar-refractivity contribution in [3.63, 3.8) is 0 Å². The zero-order chi connectivity index (χ0) is 41.1. The summed E-state index contributed by atoms with van der Waals surface area (Å²) in [5.41, 5.74) is 2.15. The number of hydrogen-bond donors (Lipinski definition) is 4. The molecule has 0 aliphatic rings. The van der Waals surface area contributed by atoms with Crippen molar-refractivity contribution in [2.75, 3.05) is 23.8 Å². The number of aliphatic carboxylic acids is 2. The van der Waals surface area contributed by atoms with Crippen molar-refractivity contribution < 1.29 is 60.0 Å². The van der Waals surface area contributed by atoms with Gasteiger partial charge in [0.05, 0.1) is 0 Å². The Hall–Kier alpha value is -7.03. The van der Waals surface area contributed by atoms with E-state index in [-0.39, 0.29) is 24.2 Å². The molecule has 0 spiro atoms. The molecule has 15 heteroatoms. The monoisotopic (exact) mass is 792 g/mol. The van der Waals surface area contributed by atoms with E-state index in [0.717, 1.165) is 35.4 Å². The zero-order valence-electron chi connectivity index (χ0n) is 29.5. The Kier molecular flexibility index (Phi) is 13.7. The second kappa shape index (κ2) is 19.0. The molecule has 0 saturated carbocycles. The Balaban J connectivity index is 0.000000218. The van der Waals surface area contributed by atoms with Gasteiger partial charge in [0.25, 0.3) is 0 Å². The van der Waals surface area contributed by atoms with Gasteiger partial charge in [-0.25, -0.2) is 40.3 Å². The lowest BCUT2D eigenvalue weighted by molar-refractivity contribution is -0.140. The molecule has 0 unspecified atom stereocenters. The normalized spacial score (nSPS) is 10.6. The van der Waals surface area contributed by atoms with Crippen molar-refractivity contribution in [2.45, 2.75) is 13.1 Å². The molecule has 0 atom stereocenters. The Bertz CT molecular complexity index is 2360. The lowest BCUT2D eigenvalue weighted by atomic mass is 10.0. The number of carboxylic acid groups (broad SMARTS) is 2. The lowest BCUT2D eigenvalue weighted by Crippen LogP contribution is -2.12. The summed E-state index contributed by atoms with van der Waals surface area (Å²) in [6, 6.07) is 27.4. The topological polar surface area (TPSA) is 117 Å². The fourth-order valence-corrected chi connectivity index (χ4v) is 5.31. The molecule has 8 nitrogen and oxygen atoms in total. The van der Waals surface area contributed by atoms with Crippen LogP contribution in [0.1, 0.15) is 11.1 Å². The van der Waals surface area contributed by atoms with Crippen LogP contribution in [0.3, 0.4) is 0 Å². The molecule has 0 fully saturated rings. The highest BCUT2D eigenvalue weighted by molar-refractivity contribution is 5.69. The maximum atomic E-state index is 14.4. The SMILES string of the molecule is O=C(O)COc1ccc(F)c(NCc2cc(-c3ccc(F)cc3)ccc2F)c1F.O=C(O)COc1ccc(F)c(NCc2cc(-c3ccccc3)ccc2F)c1F. The van der Waals surface area contributed by atoms with Crippen molar-refractivity contribution in [2.24, 2.45) is 0 Å². The van der Waals surface area contributed by atoms with Gasteiger partial charge in [-0.1, -0.05) is 54.6 Å². The highest BCUT2D eigenvalue weighted by Gasteiger charge is 2.18. The van der Waals surface area contributed by atoms with Gasteiger partial charge in [-0.3, -0.25) is 0 Å². The average Bonchev–Trinajstić information content (AvgIpc) is 3.19. The lowest BCUT2D eigenvalue weighted by Gasteiger charge is -2.13. The van der Waals surface area contributed by atoms with Gasteiger partial charge in [-0.15, -0.1) is 0 Å². The summed E-state index contributed by atoms with van der Waals surface area (Å²) in [5, 5.41) is 22.2. The van der Waals surface area contributed by atoms with Gasteiger partial charge < -0.3 is 30.3 Å². The third kappa shape index (κ3) is 11.0. The predicted octanol–water partition coefficient (Wildman–Crippen LogP) is 9.83. The quantitative estimate of drug-likeness (QED) is 0.0806. The summed E-state index contributed by atoms with van der Waals surface area (Å²) in [4.78, 5) is 21.1. The maximum absolute atomic E-state index is 14.4. The van der Waals surface area contributed by atoms with Gasteiger partial charge in [0.15, 0.2) is 36.3 Å².